The van der Waals surface area contributed by atoms with E-state index in [2.05, 4.69) is 20.2 Å². The molecule has 0 aliphatic heterocycles. The number of hydrogen-bond donors (Lipinski definition) is 0. The van der Waals surface area contributed by atoms with Crippen LogP contribution in [0.15, 0.2) is 36.8 Å². The normalized spacial score (nSPS) is 14.4. The molecule has 0 spiro atoms. The van der Waals surface area contributed by atoms with Crippen LogP contribution in [0.5, 0.6) is 5.88 Å². The van der Waals surface area contributed by atoms with Gasteiger partial charge in [-0.3, -0.25) is 0 Å². The fourth-order valence-corrected chi connectivity index (χ4v) is 4.00. The second-order valence-electron chi connectivity index (χ2n) is 8.04. The number of benzene rings is 1. The molecule has 1 aliphatic rings. The lowest BCUT2D eigenvalue weighted by Crippen LogP contribution is -2.16. The summed E-state index contributed by atoms with van der Waals surface area (Å²) in [7, 11) is 1.53. The number of aromatic nitrogens is 6. The second kappa shape index (κ2) is 8.27. The van der Waals surface area contributed by atoms with Crippen molar-refractivity contribution in [2.75, 3.05) is 13.7 Å². The number of halogens is 1. The number of nitrogens with zero attached hydrogens (tertiary/aromatic N) is 6. The van der Waals surface area contributed by atoms with Gasteiger partial charge in [0.1, 0.15) is 16.9 Å². The van der Waals surface area contributed by atoms with Gasteiger partial charge in [-0.15, -0.1) is 0 Å². The summed E-state index contributed by atoms with van der Waals surface area (Å²) in [4.78, 5) is 21.1. The summed E-state index contributed by atoms with van der Waals surface area (Å²) in [5.41, 5.74) is 3.11. The fourth-order valence-electron chi connectivity index (χ4n) is 4.00. The molecule has 0 N–H and O–H groups in total. The lowest BCUT2D eigenvalue weighted by Gasteiger charge is -2.20. The van der Waals surface area contributed by atoms with Crippen molar-refractivity contribution < 1.29 is 18.7 Å². The Morgan fingerprint density at radius 1 is 1.24 bits per heavy atom. The van der Waals surface area contributed by atoms with Gasteiger partial charge in [-0.25, -0.2) is 23.5 Å². The summed E-state index contributed by atoms with van der Waals surface area (Å²) >= 11 is 0. The van der Waals surface area contributed by atoms with Gasteiger partial charge in [0, 0.05) is 6.20 Å². The molecular formula is C23H23FN6O3. The average Bonchev–Trinajstić information content (AvgIpc) is 3.35. The van der Waals surface area contributed by atoms with E-state index in [9.17, 15) is 9.18 Å². The number of esters is 1. The number of ether oxygens (including phenoxy) is 2. The molecular weight excluding hydrogens is 427 g/mol. The smallest absolute Gasteiger partial charge is 0.341 e. The molecule has 33 heavy (non-hydrogen) atoms. The molecule has 170 valence electrons. The molecule has 3 aromatic heterocycles. The SMILES string of the molecule is CCOC(=O)c1cnn(-c2nc(OC)c3c(cnn3C(c3ccc(F)c(C)c3)C3CC3)n2)c1. The molecule has 0 radical (unpaired) electrons. The van der Waals surface area contributed by atoms with E-state index in [0.29, 0.717) is 34.0 Å². The first kappa shape index (κ1) is 21.0. The molecule has 0 bridgehead atoms. The number of carbonyl (C=O) groups is 1. The van der Waals surface area contributed by atoms with Gasteiger partial charge in [-0.1, -0.05) is 12.1 Å². The van der Waals surface area contributed by atoms with Crippen molar-refractivity contribution in [2.24, 2.45) is 5.92 Å². The standard InChI is InChI=1S/C23H23FN6O3/c1-4-33-22(31)16-10-25-29(12-16)23-27-18-11-26-30(20(18)21(28-23)32-3)19(14-5-6-14)15-7-8-17(24)13(2)9-15/h7-12,14,19H,4-6H2,1-3H3. The number of methoxy groups -OCH3 is 1. The molecule has 9 nitrogen and oxygen atoms in total. The number of rotatable bonds is 7. The Morgan fingerprint density at radius 2 is 2.06 bits per heavy atom. The number of aryl methyl sites for hydroxylation is 1. The maximum Gasteiger partial charge on any atom is 0.341 e. The van der Waals surface area contributed by atoms with Gasteiger partial charge in [0.2, 0.25) is 5.88 Å². The molecule has 1 fully saturated rings. The van der Waals surface area contributed by atoms with Gasteiger partial charge in [0.15, 0.2) is 0 Å². The minimum absolute atomic E-state index is 0.0785. The van der Waals surface area contributed by atoms with Crippen molar-refractivity contribution in [3.8, 4) is 11.8 Å². The second-order valence-corrected chi connectivity index (χ2v) is 8.04. The third kappa shape index (κ3) is 3.81. The van der Waals surface area contributed by atoms with Gasteiger partial charge < -0.3 is 9.47 Å². The summed E-state index contributed by atoms with van der Waals surface area (Å²) < 4.78 is 27.8. The Morgan fingerprint density at radius 3 is 2.76 bits per heavy atom. The maximum atomic E-state index is 13.9. The summed E-state index contributed by atoms with van der Waals surface area (Å²) in [5.74, 6) is 0.276. The van der Waals surface area contributed by atoms with Crippen LogP contribution in [0.2, 0.25) is 0 Å². The van der Waals surface area contributed by atoms with E-state index >= 15 is 0 Å². The minimum atomic E-state index is -0.466. The molecule has 1 saturated carbocycles. The average molecular weight is 450 g/mol. The highest BCUT2D eigenvalue weighted by Crippen LogP contribution is 2.45. The Labute approximate surface area is 189 Å². The van der Waals surface area contributed by atoms with Crippen molar-refractivity contribution in [1.29, 1.82) is 0 Å². The summed E-state index contributed by atoms with van der Waals surface area (Å²) in [6.07, 6.45) is 6.70. The van der Waals surface area contributed by atoms with E-state index in [1.165, 1.54) is 30.3 Å². The van der Waals surface area contributed by atoms with Crippen LogP contribution in [0, 0.1) is 18.7 Å². The van der Waals surface area contributed by atoms with E-state index in [1.807, 2.05) is 10.7 Å². The largest absolute Gasteiger partial charge is 0.479 e. The lowest BCUT2D eigenvalue weighted by atomic mass is 10.00. The Kier molecular flexibility index (Phi) is 5.27. The van der Waals surface area contributed by atoms with Gasteiger partial charge in [-0.05, 0) is 49.8 Å². The van der Waals surface area contributed by atoms with Crippen molar-refractivity contribution in [1.82, 2.24) is 29.5 Å². The lowest BCUT2D eigenvalue weighted by molar-refractivity contribution is 0.0526. The van der Waals surface area contributed by atoms with Gasteiger partial charge in [-0.2, -0.15) is 15.2 Å². The number of fused-ring (bicyclic) bond motifs is 1. The third-order valence-corrected chi connectivity index (χ3v) is 5.75. The summed E-state index contributed by atoms with van der Waals surface area (Å²) in [5, 5.41) is 8.81. The van der Waals surface area contributed by atoms with Crippen LogP contribution in [-0.4, -0.2) is 49.2 Å². The summed E-state index contributed by atoms with van der Waals surface area (Å²) in [6.45, 7) is 3.77. The van der Waals surface area contributed by atoms with E-state index < -0.39 is 5.97 Å². The first-order chi connectivity index (χ1) is 16.0. The topological polar surface area (TPSA) is 97.0 Å². The van der Waals surface area contributed by atoms with Crippen LogP contribution >= 0.6 is 0 Å². The molecule has 5 rings (SSSR count). The fraction of sp³-hybridized carbons (Fsp3) is 0.348. The highest BCUT2D eigenvalue weighted by molar-refractivity contribution is 5.88. The highest BCUT2D eigenvalue weighted by Gasteiger charge is 2.36. The predicted octanol–water partition coefficient (Wildman–Crippen LogP) is 3.64. The minimum Gasteiger partial charge on any atom is -0.479 e. The molecule has 10 heteroatoms. The molecule has 1 atom stereocenters. The Bertz CT molecular complexity index is 1340. The van der Waals surface area contributed by atoms with E-state index in [0.717, 1.165) is 18.4 Å². The maximum absolute atomic E-state index is 13.9. The molecule has 3 heterocycles. The Balaban J connectivity index is 1.58. The molecule has 1 unspecified atom stereocenters. The molecule has 1 aromatic carbocycles. The van der Waals surface area contributed by atoms with Gasteiger partial charge >= 0.3 is 5.97 Å². The molecule has 0 amide bonds. The van der Waals surface area contributed by atoms with E-state index in [4.69, 9.17) is 9.47 Å². The van der Waals surface area contributed by atoms with Crippen LogP contribution in [0.25, 0.3) is 17.0 Å². The monoisotopic (exact) mass is 450 g/mol. The zero-order valence-electron chi connectivity index (χ0n) is 18.5. The molecule has 4 aromatic rings. The first-order valence-corrected chi connectivity index (χ1v) is 10.8. The molecule has 0 saturated heterocycles. The highest BCUT2D eigenvalue weighted by atomic mass is 19.1. The van der Waals surface area contributed by atoms with Crippen molar-refractivity contribution in [2.45, 2.75) is 32.7 Å². The summed E-state index contributed by atoms with van der Waals surface area (Å²) in [6, 6.07) is 5.09. The van der Waals surface area contributed by atoms with Gasteiger partial charge in [0.05, 0.1) is 37.7 Å². The van der Waals surface area contributed by atoms with Crippen LogP contribution in [0.1, 0.15) is 47.3 Å². The number of hydrogen-bond acceptors (Lipinski definition) is 7. The number of carbonyl (C=O) groups excluding carboxylic acids is 1. The first-order valence-electron chi connectivity index (χ1n) is 10.8. The van der Waals surface area contributed by atoms with Crippen LogP contribution in [-0.2, 0) is 4.74 Å². The van der Waals surface area contributed by atoms with E-state index in [-0.39, 0.29) is 24.4 Å². The predicted molar refractivity (Wildman–Crippen MR) is 117 cm³/mol. The van der Waals surface area contributed by atoms with Crippen LogP contribution in [0.3, 0.4) is 0 Å². The Hall–Kier alpha value is -3.82. The van der Waals surface area contributed by atoms with Crippen molar-refractivity contribution in [3.63, 3.8) is 0 Å². The van der Waals surface area contributed by atoms with E-state index in [1.54, 1.807) is 26.1 Å². The molecule has 1 aliphatic carbocycles. The van der Waals surface area contributed by atoms with Crippen LogP contribution < -0.4 is 4.74 Å². The van der Waals surface area contributed by atoms with Gasteiger partial charge in [0.25, 0.3) is 5.95 Å². The van der Waals surface area contributed by atoms with Crippen molar-refractivity contribution >= 4 is 17.0 Å². The van der Waals surface area contributed by atoms with Crippen molar-refractivity contribution in [3.05, 3.63) is 59.3 Å². The zero-order chi connectivity index (χ0) is 23.1. The quantitative estimate of drug-likeness (QED) is 0.397. The third-order valence-electron chi connectivity index (χ3n) is 5.75. The van der Waals surface area contributed by atoms with Crippen LogP contribution in [0.4, 0.5) is 4.39 Å². The zero-order valence-corrected chi connectivity index (χ0v) is 18.5.